The number of carboxylic acid groups (broad SMARTS) is 2. The number of carbonyl (C=O) groups excluding carboxylic acids is 3. The minimum atomic E-state index is -5.19. The summed E-state index contributed by atoms with van der Waals surface area (Å²) < 4.78 is 77.7. The molecule has 1 amide bonds. The molecule has 0 aliphatic carbocycles. The number of aromatic nitrogens is 2. The van der Waals surface area contributed by atoms with Crippen LogP contribution in [0.15, 0.2) is 23.0 Å². The van der Waals surface area contributed by atoms with Crippen LogP contribution in [-0.2, 0) is 16.0 Å². The maximum absolute atomic E-state index is 14.6. The van der Waals surface area contributed by atoms with Crippen LogP contribution >= 0.6 is 0 Å². The van der Waals surface area contributed by atoms with E-state index in [0.717, 1.165) is 29.7 Å². The van der Waals surface area contributed by atoms with E-state index in [4.69, 9.17) is 19.8 Å². The lowest BCUT2D eigenvalue weighted by Gasteiger charge is -2.41. The molecule has 4 rings (SSSR count). The van der Waals surface area contributed by atoms with E-state index in [1.165, 1.54) is 25.5 Å². The van der Waals surface area contributed by atoms with Crippen molar-refractivity contribution in [2.75, 3.05) is 26.7 Å². The Hall–Kier alpha value is -4.02. The van der Waals surface area contributed by atoms with Crippen LogP contribution in [0, 0.1) is 19.7 Å². The van der Waals surface area contributed by atoms with Gasteiger partial charge in [0, 0.05) is 49.9 Å². The van der Waals surface area contributed by atoms with Gasteiger partial charge in [-0.25, -0.2) is 4.39 Å². The average molecular weight is 641 g/mol. The van der Waals surface area contributed by atoms with Gasteiger partial charge in [-0.05, 0) is 31.5 Å². The first-order valence-electron chi connectivity index (χ1n) is 13.3. The molecule has 10 nitrogen and oxygen atoms in total. The molecule has 2 saturated heterocycles. The highest BCUT2D eigenvalue weighted by Crippen LogP contribution is 2.28. The Morgan fingerprint density at radius 3 is 1.95 bits per heavy atom. The SMILES string of the molecule is Cc1c(Cc2ccc(F)c(C(=O)N3CCC4(CCC[NH+]4C)CC3)c2)[nH+][nH]c(=O)c1C.O=C([O-])C(F)(F)F.O=C([O-])C(F)(F)F. The number of hydrogen-bond donors (Lipinski definition) is 2. The number of quaternary nitrogens is 1. The standard InChI is InChI=1S/C23H29FN4O2.2C2HF3O2/c1-15-16(2)21(29)26-25-20(15)14-17-5-6-19(24)18(13-17)22(30)28-11-8-23(9-12-28)7-4-10-27(23)3;2*3-2(4,5)1(6)7/h5-6,13H,4,7-12,14H2,1-3H3,(H,26,29);2*(H,6,7). The van der Waals surface area contributed by atoms with Crippen molar-refractivity contribution in [2.45, 2.75) is 63.8 Å². The fourth-order valence-electron chi connectivity index (χ4n) is 5.10. The van der Waals surface area contributed by atoms with Crippen molar-refractivity contribution < 1.29 is 65.3 Å². The highest BCUT2D eigenvalue weighted by molar-refractivity contribution is 5.94. The third kappa shape index (κ3) is 9.24. The van der Waals surface area contributed by atoms with Crippen LogP contribution < -0.4 is 25.8 Å². The van der Waals surface area contributed by atoms with Crippen LogP contribution in [0.2, 0.25) is 0 Å². The van der Waals surface area contributed by atoms with Gasteiger partial charge in [0.05, 0.1) is 25.6 Å². The molecule has 1 unspecified atom stereocenters. The zero-order valence-electron chi connectivity index (χ0n) is 23.9. The van der Waals surface area contributed by atoms with Crippen LogP contribution in [-0.4, -0.2) is 72.4 Å². The van der Waals surface area contributed by atoms with Crippen molar-refractivity contribution in [3.8, 4) is 0 Å². The van der Waals surface area contributed by atoms with E-state index in [9.17, 15) is 40.3 Å². The molecule has 0 saturated carbocycles. The van der Waals surface area contributed by atoms with Crippen molar-refractivity contribution in [3.05, 3.63) is 62.3 Å². The first-order valence-corrected chi connectivity index (χ1v) is 13.3. The zero-order valence-corrected chi connectivity index (χ0v) is 23.9. The molecule has 3 heterocycles. The van der Waals surface area contributed by atoms with Gasteiger partial charge in [-0.1, -0.05) is 6.07 Å². The number of likely N-dealkylation sites (tertiary alicyclic amines) is 2. The molecule has 1 atom stereocenters. The molecule has 2 fully saturated rings. The summed E-state index contributed by atoms with van der Waals surface area (Å²) in [5, 5.41) is 23.1. The number of benzene rings is 1. The lowest BCUT2D eigenvalue weighted by Crippen LogP contribution is -3.15. The molecular formula is C27H31F7N4O6. The Labute approximate surface area is 246 Å². The van der Waals surface area contributed by atoms with E-state index in [-0.39, 0.29) is 17.0 Å². The minimum Gasteiger partial charge on any atom is -0.542 e. The van der Waals surface area contributed by atoms with Gasteiger partial charge in [0.15, 0.2) is 0 Å². The van der Waals surface area contributed by atoms with Crippen LogP contribution in [0.4, 0.5) is 30.7 Å². The maximum atomic E-state index is 14.6. The Balaban J connectivity index is 0.000000402. The summed E-state index contributed by atoms with van der Waals surface area (Å²) in [6, 6.07) is 4.72. The third-order valence-corrected chi connectivity index (χ3v) is 7.91. The first-order chi connectivity index (χ1) is 20.2. The summed E-state index contributed by atoms with van der Waals surface area (Å²) in [5.74, 6) is -6.72. The van der Waals surface area contributed by atoms with E-state index in [0.29, 0.717) is 30.6 Å². The van der Waals surface area contributed by atoms with Crippen LogP contribution in [0.1, 0.15) is 58.4 Å². The number of rotatable bonds is 3. The van der Waals surface area contributed by atoms with Gasteiger partial charge in [0.25, 0.3) is 5.91 Å². The van der Waals surface area contributed by atoms with Crippen molar-refractivity contribution in [1.82, 2.24) is 10.00 Å². The van der Waals surface area contributed by atoms with Crippen LogP contribution in [0.5, 0.6) is 0 Å². The monoisotopic (exact) mass is 640 g/mol. The fraction of sp³-hybridized carbons (Fsp3) is 0.519. The number of carbonyl (C=O) groups is 3. The molecular weight excluding hydrogens is 609 g/mol. The Morgan fingerprint density at radius 1 is 0.977 bits per heavy atom. The summed E-state index contributed by atoms with van der Waals surface area (Å²) in [5.41, 5.74) is 3.50. The Morgan fingerprint density at radius 2 is 1.50 bits per heavy atom. The van der Waals surface area contributed by atoms with Crippen molar-refractivity contribution in [3.63, 3.8) is 0 Å². The lowest BCUT2D eigenvalue weighted by atomic mass is 9.85. The number of aliphatic carboxylic acids is 2. The second-order valence-electron chi connectivity index (χ2n) is 10.6. The predicted molar refractivity (Wildman–Crippen MR) is 133 cm³/mol. The van der Waals surface area contributed by atoms with Gasteiger partial charge >= 0.3 is 17.9 Å². The molecule has 1 aromatic heterocycles. The summed E-state index contributed by atoms with van der Waals surface area (Å²) in [6.45, 7) is 6.23. The highest BCUT2D eigenvalue weighted by atomic mass is 19.4. The van der Waals surface area contributed by atoms with Gasteiger partial charge in [-0.2, -0.15) is 26.3 Å². The van der Waals surface area contributed by atoms with Crippen LogP contribution in [0.3, 0.4) is 0 Å². The number of halogens is 7. The Kier molecular flexibility index (Phi) is 11.7. The topological polar surface area (TPSA) is 152 Å². The molecule has 2 aliphatic rings. The van der Waals surface area contributed by atoms with E-state index in [1.54, 1.807) is 28.9 Å². The van der Waals surface area contributed by atoms with E-state index in [2.05, 4.69) is 17.2 Å². The fourth-order valence-corrected chi connectivity index (χ4v) is 5.10. The molecule has 244 valence electrons. The summed E-state index contributed by atoms with van der Waals surface area (Å²) in [7, 11) is 2.26. The molecule has 2 aromatic rings. The van der Waals surface area contributed by atoms with Gasteiger partial charge in [-0.3, -0.25) is 9.59 Å². The zero-order chi connectivity index (χ0) is 33.6. The molecule has 17 heteroatoms. The normalized spacial score (nSPS) is 17.7. The number of nitrogens with one attached hydrogen (secondary N) is 3. The lowest BCUT2D eigenvalue weighted by molar-refractivity contribution is -0.922. The van der Waals surface area contributed by atoms with Crippen molar-refractivity contribution >= 4 is 17.8 Å². The second-order valence-corrected chi connectivity index (χ2v) is 10.6. The molecule has 1 spiro atoms. The third-order valence-electron chi connectivity index (χ3n) is 7.91. The van der Waals surface area contributed by atoms with Crippen molar-refractivity contribution in [1.29, 1.82) is 0 Å². The number of piperidine rings is 1. The van der Waals surface area contributed by atoms with Gasteiger partial charge in [0.2, 0.25) is 5.69 Å². The largest absolute Gasteiger partial charge is 0.542 e. The highest BCUT2D eigenvalue weighted by Gasteiger charge is 2.45. The molecule has 3 N–H and O–H groups in total. The number of aromatic amines is 2. The van der Waals surface area contributed by atoms with E-state index in [1.807, 2.05) is 6.92 Å². The predicted octanol–water partition coefficient (Wildman–Crippen LogP) is -0.584. The number of carboxylic acids is 2. The van der Waals surface area contributed by atoms with Crippen LogP contribution in [0.25, 0.3) is 0 Å². The summed E-state index contributed by atoms with van der Waals surface area (Å²) in [4.78, 5) is 45.8. The maximum Gasteiger partial charge on any atom is 0.430 e. The first kappa shape index (κ1) is 36.2. The number of amides is 1. The summed E-state index contributed by atoms with van der Waals surface area (Å²) >= 11 is 0. The molecule has 1 aromatic carbocycles. The molecule has 44 heavy (non-hydrogen) atoms. The molecule has 0 bridgehead atoms. The van der Waals surface area contributed by atoms with Gasteiger partial charge in [0.1, 0.15) is 23.3 Å². The number of nitrogens with zero attached hydrogens (tertiary/aromatic N) is 1. The van der Waals surface area contributed by atoms with Gasteiger partial charge < -0.3 is 29.6 Å². The smallest absolute Gasteiger partial charge is 0.430 e. The minimum absolute atomic E-state index is 0.134. The molecule has 0 radical (unpaired) electrons. The summed E-state index contributed by atoms with van der Waals surface area (Å²) in [6.07, 6.45) is -5.47. The molecule has 2 aliphatic heterocycles. The van der Waals surface area contributed by atoms with Gasteiger partial charge in [-0.15, -0.1) is 10.2 Å². The number of hydrogen-bond acceptors (Lipinski definition) is 6. The number of H-pyrrole nitrogens is 2. The average Bonchev–Trinajstić information content (AvgIpc) is 3.28. The Bertz CT molecular complexity index is 1390. The van der Waals surface area contributed by atoms with E-state index < -0.39 is 30.1 Å². The second kappa shape index (κ2) is 14.2. The van der Waals surface area contributed by atoms with Crippen molar-refractivity contribution in [2.24, 2.45) is 0 Å². The quantitative estimate of drug-likeness (QED) is 0.429. The number of alkyl halides is 6. The van der Waals surface area contributed by atoms with E-state index >= 15 is 0 Å².